The summed E-state index contributed by atoms with van der Waals surface area (Å²) in [4.78, 5) is 17.7. The van der Waals surface area contributed by atoms with Gasteiger partial charge in [-0.25, -0.2) is 4.98 Å². The molecule has 0 aliphatic heterocycles. The van der Waals surface area contributed by atoms with Crippen LogP contribution in [0, 0.1) is 10.1 Å². The summed E-state index contributed by atoms with van der Waals surface area (Å²) < 4.78 is 54.1. The minimum atomic E-state index is -4.64. The highest BCUT2D eigenvalue weighted by atomic mass is 19.3. The molecule has 0 fully saturated rings. The van der Waals surface area contributed by atoms with Crippen LogP contribution in [-0.4, -0.2) is 34.5 Å². The maximum Gasteiger partial charge on any atom is 0.461 e. The lowest BCUT2D eigenvalue weighted by molar-refractivity contribution is -0.384. The van der Waals surface area contributed by atoms with Crippen molar-refractivity contribution in [3.63, 3.8) is 0 Å². The van der Waals surface area contributed by atoms with Gasteiger partial charge in [0, 0.05) is 18.8 Å². The SMILES string of the molecule is CNc1nc(Nc2cccc(OC(F)(F)C(F)F)c2)ncc1[N+](=O)[O-]. The van der Waals surface area contributed by atoms with Crippen molar-refractivity contribution < 1.29 is 27.2 Å². The fraction of sp³-hybridized carbons (Fsp3) is 0.231. The lowest BCUT2D eigenvalue weighted by Crippen LogP contribution is -2.33. The highest BCUT2D eigenvalue weighted by Gasteiger charge is 2.43. The highest BCUT2D eigenvalue weighted by Crippen LogP contribution is 2.30. The van der Waals surface area contributed by atoms with E-state index in [9.17, 15) is 27.7 Å². The zero-order chi connectivity index (χ0) is 18.6. The minimum absolute atomic E-state index is 0.0702. The van der Waals surface area contributed by atoms with Crippen LogP contribution in [0.5, 0.6) is 5.75 Å². The van der Waals surface area contributed by atoms with Crippen molar-refractivity contribution in [1.29, 1.82) is 0 Å². The quantitative estimate of drug-likeness (QED) is 0.443. The number of hydrogen-bond donors (Lipinski definition) is 2. The van der Waals surface area contributed by atoms with E-state index in [1.807, 2.05) is 0 Å². The van der Waals surface area contributed by atoms with E-state index < -0.39 is 23.2 Å². The van der Waals surface area contributed by atoms with Crippen molar-refractivity contribution in [3.8, 4) is 5.75 Å². The van der Waals surface area contributed by atoms with E-state index >= 15 is 0 Å². The van der Waals surface area contributed by atoms with Crippen molar-refractivity contribution in [1.82, 2.24) is 9.97 Å². The molecule has 0 amide bonds. The van der Waals surface area contributed by atoms with E-state index in [1.165, 1.54) is 19.2 Å². The van der Waals surface area contributed by atoms with Gasteiger partial charge >= 0.3 is 18.2 Å². The van der Waals surface area contributed by atoms with E-state index in [0.717, 1.165) is 18.3 Å². The number of rotatable bonds is 7. The molecule has 0 aliphatic rings. The molecule has 0 aliphatic carbocycles. The Labute approximate surface area is 138 Å². The van der Waals surface area contributed by atoms with E-state index in [2.05, 4.69) is 25.3 Å². The van der Waals surface area contributed by atoms with Crippen LogP contribution in [0.4, 0.5) is 40.7 Å². The van der Waals surface area contributed by atoms with Crippen LogP contribution >= 0.6 is 0 Å². The van der Waals surface area contributed by atoms with Crippen LogP contribution in [0.15, 0.2) is 30.5 Å². The van der Waals surface area contributed by atoms with E-state index in [0.29, 0.717) is 0 Å². The summed E-state index contributed by atoms with van der Waals surface area (Å²) in [5, 5.41) is 15.9. The van der Waals surface area contributed by atoms with E-state index in [1.54, 1.807) is 0 Å². The third-order valence-corrected chi connectivity index (χ3v) is 2.80. The zero-order valence-electron chi connectivity index (χ0n) is 12.5. The topological polar surface area (TPSA) is 102 Å². The third-order valence-electron chi connectivity index (χ3n) is 2.80. The number of hydrogen-bond acceptors (Lipinski definition) is 7. The average Bonchev–Trinajstić information content (AvgIpc) is 2.54. The summed E-state index contributed by atoms with van der Waals surface area (Å²) in [5.41, 5.74) is -0.208. The molecular weight excluding hydrogens is 350 g/mol. The minimum Gasteiger partial charge on any atom is -0.428 e. The van der Waals surface area contributed by atoms with Gasteiger partial charge in [0.2, 0.25) is 11.8 Å². The summed E-state index contributed by atoms with van der Waals surface area (Å²) in [6.45, 7) is 0. The third kappa shape index (κ3) is 4.43. The van der Waals surface area contributed by atoms with Gasteiger partial charge in [-0.3, -0.25) is 10.1 Å². The molecule has 2 N–H and O–H groups in total. The molecule has 0 saturated heterocycles. The predicted octanol–water partition coefficient (Wildman–Crippen LogP) is 3.41. The summed E-state index contributed by atoms with van der Waals surface area (Å²) in [5.74, 6) is -0.655. The second kappa shape index (κ2) is 7.15. The normalized spacial score (nSPS) is 11.3. The average molecular weight is 361 g/mol. The van der Waals surface area contributed by atoms with Crippen LogP contribution in [0.25, 0.3) is 0 Å². The number of nitro groups is 1. The number of alkyl halides is 4. The number of anilines is 3. The Balaban J connectivity index is 2.21. The molecule has 0 unspecified atom stereocenters. The van der Waals surface area contributed by atoms with Crippen LogP contribution in [0.1, 0.15) is 0 Å². The van der Waals surface area contributed by atoms with Gasteiger partial charge in [-0.2, -0.15) is 22.5 Å². The molecule has 0 saturated carbocycles. The van der Waals surface area contributed by atoms with Crippen LogP contribution in [-0.2, 0) is 0 Å². The van der Waals surface area contributed by atoms with Crippen molar-refractivity contribution in [3.05, 3.63) is 40.6 Å². The fourth-order valence-corrected chi connectivity index (χ4v) is 1.72. The molecule has 0 bridgehead atoms. The van der Waals surface area contributed by atoms with Crippen LogP contribution in [0.3, 0.4) is 0 Å². The molecule has 0 spiro atoms. The number of ether oxygens (including phenoxy) is 1. The molecule has 25 heavy (non-hydrogen) atoms. The first kappa shape index (κ1) is 18.2. The maximum atomic E-state index is 12.9. The standard InChI is InChI=1S/C13H11F4N5O3/c1-18-10-9(22(23)24)6-19-12(21-10)20-7-3-2-4-8(5-7)25-13(16,17)11(14)15/h2-6,11H,1H3,(H2,18,19,20,21). The Morgan fingerprint density at radius 2 is 2.08 bits per heavy atom. The summed E-state index contributed by atoms with van der Waals surface area (Å²) >= 11 is 0. The lowest BCUT2D eigenvalue weighted by Gasteiger charge is -2.17. The number of nitrogens with one attached hydrogen (secondary N) is 2. The largest absolute Gasteiger partial charge is 0.461 e. The number of aromatic nitrogens is 2. The molecule has 0 radical (unpaired) electrons. The molecule has 0 atom stereocenters. The Morgan fingerprint density at radius 3 is 2.68 bits per heavy atom. The summed E-state index contributed by atoms with van der Waals surface area (Å²) in [7, 11) is 1.42. The second-order valence-corrected chi connectivity index (χ2v) is 4.55. The van der Waals surface area contributed by atoms with Crippen molar-refractivity contribution in [2.75, 3.05) is 17.7 Å². The lowest BCUT2D eigenvalue weighted by atomic mass is 10.3. The van der Waals surface area contributed by atoms with Gasteiger partial charge in [-0.05, 0) is 12.1 Å². The molecule has 1 aromatic heterocycles. The fourth-order valence-electron chi connectivity index (χ4n) is 1.72. The van der Waals surface area contributed by atoms with Gasteiger partial charge < -0.3 is 15.4 Å². The summed E-state index contributed by atoms with van der Waals surface area (Å²) in [6, 6.07) is 4.79. The van der Waals surface area contributed by atoms with Crippen molar-refractivity contribution in [2.24, 2.45) is 0 Å². The van der Waals surface area contributed by atoms with Crippen LogP contribution < -0.4 is 15.4 Å². The monoisotopic (exact) mass is 361 g/mol. The van der Waals surface area contributed by atoms with Gasteiger partial charge in [0.05, 0.1) is 4.92 Å². The molecule has 1 aromatic carbocycles. The smallest absolute Gasteiger partial charge is 0.428 e. The molecule has 2 aromatic rings. The Bertz CT molecular complexity index is 775. The van der Waals surface area contributed by atoms with Crippen molar-refractivity contribution in [2.45, 2.75) is 12.5 Å². The highest BCUT2D eigenvalue weighted by molar-refractivity contribution is 5.61. The van der Waals surface area contributed by atoms with Gasteiger partial charge in [0.25, 0.3) is 0 Å². The molecule has 12 heteroatoms. The summed E-state index contributed by atoms with van der Waals surface area (Å²) in [6.07, 6.45) is -7.67. The van der Waals surface area contributed by atoms with E-state index in [4.69, 9.17) is 0 Å². The second-order valence-electron chi connectivity index (χ2n) is 4.55. The number of benzene rings is 1. The van der Waals surface area contributed by atoms with E-state index in [-0.39, 0.29) is 23.1 Å². The first-order valence-corrected chi connectivity index (χ1v) is 6.64. The van der Waals surface area contributed by atoms with Gasteiger partial charge in [0.1, 0.15) is 11.9 Å². The van der Waals surface area contributed by atoms with Gasteiger partial charge in [-0.15, -0.1) is 0 Å². The number of nitrogens with zero attached hydrogens (tertiary/aromatic N) is 3. The first-order chi connectivity index (χ1) is 11.7. The Kier molecular flexibility index (Phi) is 5.20. The van der Waals surface area contributed by atoms with Crippen LogP contribution in [0.2, 0.25) is 0 Å². The molecule has 2 rings (SSSR count). The predicted molar refractivity (Wildman–Crippen MR) is 79.5 cm³/mol. The first-order valence-electron chi connectivity index (χ1n) is 6.64. The van der Waals surface area contributed by atoms with Gasteiger partial charge in [0.15, 0.2) is 0 Å². The van der Waals surface area contributed by atoms with Gasteiger partial charge in [-0.1, -0.05) is 6.07 Å². The number of halogens is 4. The maximum absolute atomic E-state index is 12.9. The molecule has 1 heterocycles. The van der Waals surface area contributed by atoms with Crippen molar-refractivity contribution >= 4 is 23.1 Å². The molecule has 8 nitrogen and oxygen atoms in total. The molecular formula is C13H11F4N5O3. The Hall–Kier alpha value is -3.18. The molecule has 134 valence electrons. The zero-order valence-corrected chi connectivity index (χ0v) is 12.5. The Morgan fingerprint density at radius 1 is 1.36 bits per heavy atom.